The summed E-state index contributed by atoms with van der Waals surface area (Å²) < 4.78 is 5.13. The maximum atomic E-state index is 9.90. The average Bonchev–Trinajstić information content (AvgIpc) is 2.44. The molecule has 19 heavy (non-hydrogen) atoms. The first kappa shape index (κ1) is 13.6. The van der Waals surface area contributed by atoms with E-state index in [1.54, 1.807) is 13.2 Å². The molecule has 0 unspecified atom stereocenters. The minimum atomic E-state index is 0.143. The molecule has 2 rings (SSSR count). The molecular weight excluding hydrogens is 262 g/mol. The van der Waals surface area contributed by atoms with Gasteiger partial charge in [-0.25, -0.2) is 0 Å². The monoisotopic (exact) mass is 277 g/mol. The number of benzene rings is 2. The summed E-state index contributed by atoms with van der Waals surface area (Å²) in [4.78, 5) is 2.03. The second-order valence-corrected chi connectivity index (χ2v) is 4.71. The molecular formula is C15H16ClNO2. The summed E-state index contributed by atoms with van der Waals surface area (Å²) in [6, 6.07) is 13.1. The molecule has 1 N–H and O–H groups in total. The molecule has 2 aromatic carbocycles. The van der Waals surface area contributed by atoms with E-state index in [9.17, 15) is 5.11 Å². The van der Waals surface area contributed by atoms with E-state index in [2.05, 4.69) is 0 Å². The fourth-order valence-electron chi connectivity index (χ4n) is 1.87. The van der Waals surface area contributed by atoms with Crippen molar-refractivity contribution >= 4 is 17.3 Å². The largest absolute Gasteiger partial charge is 0.506 e. The molecule has 0 aliphatic heterocycles. The quantitative estimate of drug-likeness (QED) is 0.925. The fraction of sp³-hybridized carbons (Fsp3) is 0.200. The Morgan fingerprint density at radius 2 is 1.84 bits per heavy atom. The van der Waals surface area contributed by atoms with Crippen molar-refractivity contribution in [2.45, 2.75) is 6.54 Å². The zero-order valence-electron chi connectivity index (χ0n) is 10.9. The van der Waals surface area contributed by atoms with Crippen LogP contribution >= 0.6 is 11.6 Å². The summed E-state index contributed by atoms with van der Waals surface area (Å²) >= 11 is 5.90. The molecule has 4 heteroatoms. The topological polar surface area (TPSA) is 32.7 Å². The molecule has 0 saturated heterocycles. The highest BCUT2D eigenvalue weighted by molar-refractivity contribution is 6.32. The molecule has 0 atom stereocenters. The first-order chi connectivity index (χ1) is 9.11. The van der Waals surface area contributed by atoms with Crippen LogP contribution in [0.5, 0.6) is 11.5 Å². The minimum Gasteiger partial charge on any atom is -0.506 e. The number of ether oxygens (including phenoxy) is 1. The van der Waals surface area contributed by atoms with Crippen molar-refractivity contribution in [2.24, 2.45) is 0 Å². The summed E-state index contributed by atoms with van der Waals surface area (Å²) in [7, 11) is 3.60. The van der Waals surface area contributed by atoms with E-state index < -0.39 is 0 Å². The van der Waals surface area contributed by atoms with Crippen LogP contribution in [0.3, 0.4) is 0 Å². The number of para-hydroxylation sites is 1. The summed E-state index contributed by atoms with van der Waals surface area (Å²) in [5.41, 5.74) is 1.84. The molecule has 0 radical (unpaired) electrons. The van der Waals surface area contributed by atoms with E-state index in [0.717, 1.165) is 17.0 Å². The van der Waals surface area contributed by atoms with Crippen molar-refractivity contribution < 1.29 is 9.84 Å². The highest BCUT2D eigenvalue weighted by atomic mass is 35.5. The second-order valence-electron chi connectivity index (χ2n) is 4.30. The lowest BCUT2D eigenvalue weighted by Gasteiger charge is -2.20. The Labute approximate surface area is 118 Å². The van der Waals surface area contributed by atoms with Crippen LogP contribution in [0.1, 0.15) is 5.56 Å². The predicted octanol–water partition coefficient (Wildman–Crippen LogP) is 3.69. The third-order valence-electron chi connectivity index (χ3n) is 2.99. The highest BCUT2D eigenvalue weighted by Crippen LogP contribution is 2.29. The number of halogens is 1. The van der Waals surface area contributed by atoms with Crippen LogP contribution < -0.4 is 9.64 Å². The molecule has 2 aromatic rings. The molecule has 0 saturated carbocycles. The van der Waals surface area contributed by atoms with Crippen LogP contribution in [0, 0.1) is 0 Å². The van der Waals surface area contributed by atoms with Crippen molar-refractivity contribution in [2.75, 3.05) is 19.1 Å². The standard InChI is InChI=1S/C15H16ClNO2/c1-17(12-6-8-13(19-2)9-7-12)10-11-4-3-5-14(16)15(11)18/h3-9,18H,10H2,1-2H3. The van der Waals surface area contributed by atoms with Gasteiger partial charge < -0.3 is 14.7 Å². The minimum absolute atomic E-state index is 0.143. The first-order valence-corrected chi connectivity index (χ1v) is 6.31. The number of phenols is 1. The number of hydrogen-bond acceptors (Lipinski definition) is 3. The van der Waals surface area contributed by atoms with Gasteiger partial charge in [0.1, 0.15) is 11.5 Å². The second kappa shape index (κ2) is 5.85. The zero-order chi connectivity index (χ0) is 13.8. The van der Waals surface area contributed by atoms with Crippen molar-refractivity contribution in [3.05, 3.63) is 53.1 Å². The van der Waals surface area contributed by atoms with Gasteiger partial charge in [0.25, 0.3) is 0 Å². The third kappa shape index (κ3) is 3.12. The number of methoxy groups -OCH3 is 1. The van der Waals surface area contributed by atoms with Crippen molar-refractivity contribution in [1.82, 2.24) is 0 Å². The summed E-state index contributed by atoms with van der Waals surface area (Å²) in [5, 5.41) is 10.3. The fourth-order valence-corrected chi connectivity index (χ4v) is 2.07. The summed E-state index contributed by atoms with van der Waals surface area (Å²) in [5.74, 6) is 0.965. The van der Waals surface area contributed by atoms with Gasteiger partial charge in [0, 0.05) is 24.8 Å². The molecule has 0 aromatic heterocycles. The van der Waals surface area contributed by atoms with E-state index in [4.69, 9.17) is 16.3 Å². The SMILES string of the molecule is COc1ccc(N(C)Cc2cccc(Cl)c2O)cc1. The lowest BCUT2D eigenvalue weighted by molar-refractivity contribution is 0.415. The molecule has 0 spiro atoms. The number of hydrogen-bond donors (Lipinski definition) is 1. The number of aromatic hydroxyl groups is 1. The Bertz CT molecular complexity index is 555. The van der Waals surface area contributed by atoms with Gasteiger partial charge >= 0.3 is 0 Å². The Kier molecular flexibility index (Phi) is 4.17. The molecule has 0 heterocycles. The van der Waals surface area contributed by atoms with Gasteiger partial charge in [0.15, 0.2) is 0 Å². The summed E-state index contributed by atoms with van der Waals surface area (Å²) in [6.45, 7) is 0.582. The maximum absolute atomic E-state index is 9.90. The zero-order valence-corrected chi connectivity index (χ0v) is 11.7. The average molecular weight is 278 g/mol. The van der Waals surface area contributed by atoms with E-state index in [0.29, 0.717) is 11.6 Å². The van der Waals surface area contributed by atoms with Crippen LogP contribution in [0.4, 0.5) is 5.69 Å². The van der Waals surface area contributed by atoms with Gasteiger partial charge in [0.05, 0.1) is 12.1 Å². The van der Waals surface area contributed by atoms with Gasteiger partial charge in [-0.05, 0) is 30.3 Å². The lowest BCUT2D eigenvalue weighted by Crippen LogP contribution is -2.16. The van der Waals surface area contributed by atoms with Crippen molar-refractivity contribution in [3.8, 4) is 11.5 Å². The van der Waals surface area contributed by atoms with Gasteiger partial charge in [-0.3, -0.25) is 0 Å². The van der Waals surface area contributed by atoms with E-state index in [1.165, 1.54) is 0 Å². The Balaban J connectivity index is 2.15. The highest BCUT2D eigenvalue weighted by Gasteiger charge is 2.08. The predicted molar refractivity (Wildman–Crippen MR) is 78.2 cm³/mol. The number of anilines is 1. The van der Waals surface area contributed by atoms with Crippen LogP contribution in [-0.4, -0.2) is 19.3 Å². The first-order valence-electron chi connectivity index (χ1n) is 5.93. The Morgan fingerprint density at radius 3 is 2.47 bits per heavy atom. The van der Waals surface area contributed by atoms with Crippen molar-refractivity contribution in [1.29, 1.82) is 0 Å². The maximum Gasteiger partial charge on any atom is 0.139 e. The van der Waals surface area contributed by atoms with Crippen LogP contribution in [0.25, 0.3) is 0 Å². The van der Waals surface area contributed by atoms with Crippen LogP contribution in [0.15, 0.2) is 42.5 Å². The molecule has 3 nitrogen and oxygen atoms in total. The normalized spacial score (nSPS) is 10.3. The molecule has 0 aliphatic carbocycles. The Morgan fingerprint density at radius 1 is 1.16 bits per heavy atom. The van der Waals surface area contributed by atoms with E-state index in [-0.39, 0.29) is 5.75 Å². The molecule has 0 fully saturated rings. The molecule has 0 amide bonds. The molecule has 0 aliphatic rings. The van der Waals surface area contributed by atoms with E-state index >= 15 is 0 Å². The molecule has 100 valence electrons. The number of rotatable bonds is 4. The Hall–Kier alpha value is -1.87. The van der Waals surface area contributed by atoms with Crippen molar-refractivity contribution in [3.63, 3.8) is 0 Å². The van der Waals surface area contributed by atoms with Gasteiger partial charge in [-0.15, -0.1) is 0 Å². The number of phenolic OH excluding ortho intramolecular Hbond substituents is 1. The number of nitrogens with zero attached hydrogens (tertiary/aromatic N) is 1. The lowest BCUT2D eigenvalue weighted by atomic mass is 10.2. The van der Waals surface area contributed by atoms with E-state index in [1.807, 2.05) is 48.3 Å². The van der Waals surface area contributed by atoms with Gasteiger partial charge in [-0.1, -0.05) is 23.7 Å². The third-order valence-corrected chi connectivity index (χ3v) is 3.30. The van der Waals surface area contributed by atoms with Gasteiger partial charge in [-0.2, -0.15) is 0 Å². The summed E-state index contributed by atoms with van der Waals surface area (Å²) in [6.07, 6.45) is 0. The smallest absolute Gasteiger partial charge is 0.139 e. The van der Waals surface area contributed by atoms with Gasteiger partial charge in [0.2, 0.25) is 0 Å². The van der Waals surface area contributed by atoms with Crippen LogP contribution in [-0.2, 0) is 6.54 Å². The van der Waals surface area contributed by atoms with Crippen LogP contribution in [0.2, 0.25) is 5.02 Å². The molecule has 0 bridgehead atoms.